The van der Waals surface area contributed by atoms with E-state index in [2.05, 4.69) is 80.5 Å². The molecule has 5 rings (SSSR count). The number of nitrogens with one attached hydrogen (secondary N) is 1. The molecule has 6 nitrogen and oxygen atoms in total. The lowest BCUT2D eigenvalue weighted by atomic mass is 9.92. The van der Waals surface area contributed by atoms with Gasteiger partial charge in [-0.15, -0.1) is 0 Å². The maximum Gasteiger partial charge on any atom is 0.171 e. The van der Waals surface area contributed by atoms with E-state index in [1.165, 1.54) is 11.0 Å². The van der Waals surface area contributed by atoms with Crippen molar-refractivity contribution in [3.8, 4) is 0 Å². The standard InChI is InChI=1S/C24H26BBrN6/c25-20-5-1-3-17(11-20)16-31-9-6-19(7-10-31)22-12-23(28-14-18-4-2-8-27-13-18)32-24(30-22)21(26)15-29-32/h1-5,8,11-13,15,19,28H,6-7,9-10,14,16,25H2. The summed E-state index contributed by atoms with van der Waals surface area (Å²) in [5.74, 6) is 1.41. The fourth-order valence-corrected chi connectivity index (χ4v) is 4.79. The topological polar surface area (TPSA) is 58.4 Å². The number of hydrogen-bond donors (Lipinski definition) is 1. The minimum Gasteiger partial charge on any atom is -0.366 e. The first-order chi connectivity index (χ1) is 15.7. The van der Waals surface area contributed by atoms with Crippen LogP contribution in [-0.2, 0) is 13.1 Å². The molecule has 0 atom stereocenters. The Kier molecular flexibility index (Phi) is 6.23. The number of benzene rings is 1. The van der Waals surface area contributed by atoms with Crippen LogP contribution < -0.4 is 10.8 Å². The molecule has 1 fully saturated rings. The largest absolute Gasteiger partial charge is 0.366 e. The third-order valence-corrected chi connectivity index (χ3v) is 6.70. The zero-order valence-electron chi connectivity index (χ0n) is 18.2. The first kappa shape index (κ1) is 21.2. The van der Waals surface area contributed by atoms with E-state index < -0.39 is 0 Å². The number of nitrogens with zero attached hydrogens (tertiary/aromatic N) is 5. The van der Waals surface area contributed by atoms with Crippen molar-refractivity contribution in [1.82, 2.24) is 24.5 Å². The Labute approximate surface area is 197 Å². The van der Waals surface area contributed by atoms with Crippen LogP contribution in [0.5, 0.6) is 0 Å². The molecule has 0 spiro atoms. The van der Waals surface area contributed by atoms with Gasteiger partial charge in [0.25, 0.3) is 0 Å². The lowest BCUT2D eigenvalue weighted by Gasteiger charge is -2.32. The van der Waals surface area contributed by atoms with E-state index in [0.717, 1.165) is 59.7 Å². The molecule has 0 bridgehead atoms. The highest BCUT2D eigenvalue weighted by atomic mass is 79.9. The number of hydrogen-bond acceptors (Lipinski definition) is 5. The summed E-state index contributed by atoms with van der Waals surface area (Å²) in [6.07, 6.45) is 7.72. The molecule has 8 heteroatoms. The summed E-state index contributed by atoms with van der Waals surface area (Å²) in [7, 11) is 2.16. The van der Waals surface area contributed by atoms with Gasteiger partial charge < -0.3 is 5.32 Å². The Hall–Kier alpha value is -2.71. The first-order valence-corrected chi connectivity index (χ1v) is 11.9. The summed E-state index contributed by atoms with van der Waals surface area (Å²) in [6, 6.07) is 15.0. The SMILES string of the molecule is Bc1cccc(CN2CCC(c3cc(NCc4cccnc4)n4ncc(Br)c4n3)CC2)c1. The van der Waals surface area contributed by atoms with Crippen LogP contribution in [0.25, 0.3) is 5.65 Å². The van der Waals surface area contributed by atoms with Crippen LogP contribution in [0.3, 0.4) is 0 Å². The Bertz CT molecular complexity index is 1200. The number of likely N-dealkylation sites (tertiary alicyclic amines) is 1. The van der Waals surface area contributed by atoms with Crippen LogP contribution in [0.2, 0.25) is 0 Å². The van der Waals surface area contributed by atoms with E-state index in [9.17, 15) is 0 Å². The quantitative estimate of drug-likeness (QED) is 0.422. The highest BCUT2D eigenvalue weighted by Gasteiger charge is 2.23. The van der Waals surface area contributed by atoms with E-state index in [1.807, 2.05) is 23.0 Å². The Balaban J connectivity index is 1.31. The number of rotatable bonds is 6. The second kappa shape index (κ2) is 9.42. The highest BCUT2D eigenvalue weighted by Crippen LogP contribution is 2.31. The highest BCUT2D eigenvalue weighted by molar-refractivity contribution is 9.10. The van der Waals surface area contributed by atoms with Gasteiger partial charge in [0.2, 0.25) is 0 Å². The number of aromatic nitrogens is 4. The van der Waals surface area contributed by atoms with E-state index in [4.69, 9.17) is 4.98 Å². The van der Waals surface area contributed by atoms with Crippen molar-refractivity contribution in [2.45, 2.75) is 31.8 Å². The zero-order valence-corrected chi connectivity index (χ0v) is 19.8. The molecule has 1 saturated heterocycles. The summed E-state index contributed by atoms with van der Waals surface area (Å²) < 4.78 is 2.79. The molecule has 3 aromatic heterocycles. The van der Waals surface area contributed by atoms with E-state index in [0.29, 0.717) is 12.5 Å². The van der Waals surface area contributed by atoms with Gasteiger partial charge in [0.1, 0.15) is 13.7 Å². The second-order valence-corrected chi connectivity index (χ2v) is 9.40. The second-order valence-electron chi connectivity index (χ2n) is 8.55. The van der Waals surface area contributed by atoms with Crippen LogP contribution in [0.1, 0.15) is 35.6 Å². The molecule has 0 radical (unpaired) electrons. The molecule has 0 aliphatic carbocycles. The van der Waals surface area contributed by atoms with Gasteiger partial charge in [-0.25, -0.2) is 4.98 Å². The number of halogens is 1. The van der Waals surface area contributed by atoms with Gasteiger partial charge in [-0.05, 0) is 59.1 Å². The number of pyridine rings is 1. The third kappa shape index (κ3) is 4.71. The predicted molar refractivity (Wildman–Crippen MR) is 134 cm³/mol. The van der Waals surface area contributed by atoms with Gasteiger partial charge in [-0.1, -0.05) is 35.8 Å². The molecule has 1 aliphatic heterocycles. The van der Waals surface area contributed by atoms with Gasteiger partial charge in [0.15, 0.2) is 5.65 Å². The van der Waals surface area contributed by atoms with Crippen molar-refractivity contribution in [1.29, 1.82) is 0 Å². The van der Waals surface area contributed by atoms with Crippen LogP contribution in [0.4, 0.5) is 5.82 Å². The molecule has 4 aromatic rings. The number of fused-ring (bicyclic) bond motifs is 1. The van der Waals surface area contributed by atoms with Crippen molar-refractivity contribution >= 4 is 40.7 Å². The van der Waals surface area contributed by atoms with Gasteiger partial charge in [0.05, 0.1) is 10.7 Å². The average molecular weight is 489 g/mol. The normalized spacial score (nSPS) is 15.3. The third-order valence-electron chi connectivity index (χ3n) is 6.14. The Morgan fingerprint density at radius 2 is 1.91 bits per heavy atom. The zero-order chi connectivity index (χ0) is 21.9. The van der Waals surface area contributed by atoms with Crippen molar-refractivity contribution in [3.63, 3.8) is 0 Å². The van der Waals surface area contributed by atoms with Crippen LogP contribution >= 0.6 is 15.9 Å². The molecule has 162 valence electrons. The number of anilines is 1. The molecule has 1 N–H and O–H groups in total. The van der Waals surface area contributed by atoms with Gasteiger partial charge in [0, 0.05) is 43.2 Å². The van der Waals surface area contributed by atoms with Crippen molar-refractivity contribution in [3.05, 3.63) is 82.3 Å². The minimum atomic E-state index is 0.453. The van der Waals surface area contributed by atoms with E-state index in [1.54, 1.807) is 6.20 Å². The van der Waals surface area contributed by atoms with Crippen molar-refractivity contribution < 1.29 is 0 Å². The molecule has 4 heterocycles. The fourth-order valence-electron chi connectivity index (χ4n) is 4.44. The Morgan fingerprint density at radius 3 is 2.69 bits per heavy atom. The molecular weight excluding hydrogens is 463 g/mol. The lowest BCUT2D eigenvalue weighted by molar-refractivity contribution is 0.203. The monoisotopic (exact) mass is 488 g/mol. The predicted octanol–water partition coefficient (Wildman–Crippen LogP) is 3.14. The van der Waals surface area contributed by atoms with Crippen molar-refractivity contribution in [2.75, 3.05) is 18.4 Å². The maximum absolute atomic E-state index is 4.98. The summed E-state index contributed by atoms with van der Waals surface area (Å²) >= 11 is 3.62. The smallest absolute Gasteiger partial charge is 0.171 e. The van der Waals surface area contributed by atoms with E-state index in [-0.39, 0.29) is 0 Å². The fraction of sp³-hybridized carbons (Fsp3) is 0.292. The molecule has 1 aromatic carbocycles. The molecule has 0 amide bonds. The van der Waals surface area contributed by atoms with Crippen LogP contribution in [0, 0.1) is 0 Å². The average Bonchev–Trinajstić information content (AvgIpc) is 3.19. The summed E-state index contributed by atoms with van der Waals surface area (Å²) in [4.78, 5) is 11.7. The summed E-state index contributed by atoms with van der Waals surface area (Å²) in [5.41, 5.74) is 5.86. The van der Waals surface area contributed by atoms with E-state index >= 15 is 0 Å². The van der Waals surface area contributed by atoms with Gasteiger partial charge in [-0.2, -0.15) is 9.61 Å². The minimum absolute atomic E-state index is 0.453. The molecule has 1 aliphatic rings. The summed E-state index contributed by atoms with van der Waals surface area (Å²) in [6.45, 7) is 3.89. The first-order valence-electron chi connectivity index (χ1n) is 11.1. The summed E-state index contributed by atoms with van der Waals surface area (Å²) in [5, 5.41) is 8.04. The molecule has 0 saturated carbocycles. The molecule has 32 heavy (non-hydrogen) atoms. The van der Waals surface area contributed by atoms with Crippen LogP contribution in [-0.4, -0.2) is 45.4 Å². The molecule has 0 unspecified atom stereocenters. The van der Waals surface area contributed by atoms with Gasteiger partial charge in [-0.3, -0.25) is 9.88 Å². The lowest BCUT2D eigenvalue weighted by Crippen LogP contribution is -2.33. The van der Waals surface area contributed by atoms with Crippen molar-refractivity contribution in [2.24, 2.45) is 0 Å². The Morgan fingerprint density at radius 1 is 1.06 bits per heavy atom. The maximum atomic E-state index is 4.98. The van der Waals surface area contributed by atoms with Crippen LogP contribution in [0.15, 0.2) is 65.5 Å². The molecular formula is C24H26BBrN6. The number of piperidine rings is 1. The van der Waals surface area contributed by atoms with Gasteiger partial charge >= 0.3 is 0 Å².